The Balaban J connectivity index is 1.01. The lowest BCUT2D eigenvalue weighted by molar-refractivity contribution is -0.142. The molecule has 4 aromatic carbocycles. The largest absolute Gasteiger partial charge is 0.481 e. The zero-order valence-electron chi connectivity index (χ0n) is 81.7. The van der Waals surface area contributed by atoms with E-state index in [0.717, 1.165) is 37.9 Å². The lowest BCUT2D eigenvalue weighted by Crippen LogP contribution is -2.63. The Kier molecular flexibility index (Phi) is 43.6. The van der Waals surface area contributed by atoms with Crippen molar-refractivity contribution in [2.45, 2.75) is 196 Å². The zero-order valence-corrected chi connectivity index (χ0v) is 83.4. The van der Waals surface area contributed by atoms with Gasteiger partial charge in [-0.3, -0.25) is 111 Å². The topological polar surface area (TPSA) is 673 Å². The Morgan fingerprint density at radius 2 is 1.04 bits per heavy atom. The molecule has 46 nitrogen and oxygen atoms in total. The maximum atomic E-state index is 15.8. The van der Waals surface area contributed by atoms with Crippen LogP contribution in [0.1, 0.15) is 115 Å². The smallest absolute Gasteiger partial charge is 0.317 e. The Morgan fingerprint density at radius 1 is 0.531 bits per heavy atom. The number of carboxylic acids is 4. The molecule has 0 aliphatic carbocycles. The number of likely N-dealkylation sites (N-methyl/N-ethyl adjacent to an activating group) is 1. The van der Waals surface area contributed by atoms with E-state index < -0.39 is 254 Å². The summed E-state index contributed by atoms with van der Waals surface area (Å²) in [6.45, 7) is 5.78. The van der Waals surface area contributed by atoms with E-state index in [-0.39, 0.29) is 123 Å². The number of amides is 15. The van der Waals surface area contributed by atoms with Crippen LogP contribution in [0.5, 0.6) is 0 Å². The number of aromatic nitrogens is 2. The van der Waals surface area contributed by atoms with E-state index in [1.807, 2.05) is 18.2 Å². The summed E-state index contributed by atoms with van der Waals surface area (Å²) in [5.74, 6) is -22.5. The number of para-hydroxylation sites is 2. The van der Waals surface area contributed by atoms with Crippen molar-refractivity contribution in [2.24, 2.45) is 23.3 Å². The average molecular weight is 2060 g/mol. The summed E-state index contributed by atoms with van der Waals surface area (Å²) >= 11 is 0. The summed E-state index contributed by atoms with van der Waals surface area (Å²) in [7, 11) is 2.94. The van der Waals surface area contributed by atoms with Crippen LogP contribution in [0.3, 0.4) is 0 Å². The molecule has 0 saturated carbocycles. The second-order valence-corrected chi connectivity index (χ2v) is 39.8. The molecule has 14 atom stereocenters. The van der Waals surface area contributed by atoms with E-state index in [4.69, 9.17) is 11.5 Å². The summed E-state index contributed by atoms with van der Waals surface area (Å²) in [4.78, 5) is 287. The summed E-state index contributed by atoms with van der Waals surface area (Å²) in [6, 6.07) is 5.94. The Bertz CT molecular complexity index is 5570. The van der Waals surface area contributed by atoms with Gasteiger partial charge in [0.1, 0.15) is 72.5 Å². The van der Waals surface area contributed by atoms with E-state index in [1.165, 1.54) is 30.7 Å². The number of aliphatic hydroxyl groups excluding tert-OH is 1. The molecule has 10 rings (SSSR count). The van der Waals surface area contributed by atoms with Crippen molar-refractivity contribution < 1.29 is 117 Å². The number of nitrogens with zero attached hydrogens (tertiary/aromatic N) is 6. The van der Waals surface area contributed by atoms with Crippen LogP contribution in [0.25, 0.3) is 32.6 Å². The van der Waals surface area contributed by atoms with Gasteiger partial charge < -0.3 is 121 Å². The monoisotopic (exact) mass is 2050 g/mol. The molecular formula is C97H134N22O24S2. The Hall–Kier alpha value is -13.4. The molecule has 2 aromatic heterocycles. The second-order valence-electron chi connectivity index (χ2n) is 37.2. The molecular weight excluding hydrogens is 1920 g/mol. The summed E-state index contributed by atoms with van der Waals surface area (Å²) in [6.07, 6.45) is -0.377. The van der Waals surface area contributed by atoms with Gasteiger partial charge in [-0.25, -0.2) is 0 Å². The number of carboxylic acid groups (broad SMARTS) is 4. The van der Waals surface area contributed by atoms with Crippen LogP contribution in [-0.2, 0) is 110 Å². The third kappa shape index (κ3) is 34.7. The first-order chi connectivity index (χ1) is 69.2. The molecule has 4 aliphatic rings. The van der Waals surface area contributed by atoms with Gasteiger partial charge in [0.05, 0.1) is 45.1 Å². The number of hydrogen-bond donors (Lipinski definition) is 21. The van der Waals surface area contributed by atoms with Crippen LogP contribution in [0, 0.1) is 11.8 Å². The fraction of sp³-hybridized carbons (Fsp3) is 0.536. The van der Waals surface area contributed by atoms with Gasteiger partial charge in [-0.05, 0) is 123 Å². The quantitative estimate of drug-likeness (QED) is 0.0138. The number of aromatic amines is 2. The maximum absolute atomic E-state index is 15.8. The number of hydrogen-bond acceptors (Lipinski definition) is 27. The predicted molar refractivity (Wildman–Crippen MR) is 535 cm³/mol. The standard InChI is InChI=1S/C97H134N22O24S2/c1-6-55(2)84(112-96(142)85(56(3)120)113-94(140)77(114(5)57(4)121)44-63-48-103-67-21-12-10-19-65(63)67)95(141)111-75-54-145-144-53-74(93(139)109-73(97(143)119-31-15-23-76(119)86(99)132)43-62-47-102-66-20-11-9-18-64(62)66)110-91(137)72(46-80(124)125)108-87(133)68(22-13-14-28-101-79(123)49-115-32-34-116(50-81(126)127)36-38-118(52-83(130)131)39-37-117(35-33-115)51-82(128)129)104-88(134)70(42-59-24-25-60-16-7-8-17-61(60)40-59)105-90(136)71(45-78(98)122)107-89(135)69(106-92(75)138)41-58-26-29-100-30-27-58/h7-12,16-21,24-25,40,47-48,55-56,58,68-77,84-85,100,102-103,120H,6,13-15,22-23,26-39,41-46,49-54H2,1-5H3,(H2,98,122)(H2,99,132)(H,101,123)(H,104,134)(H,105,136)(H,106,138)(H,107,135)(H,108,133)(H,109,139)(H,110,137)(H,111,141)(H,112,142)(H,113,140)(H,124,125)(H,126,127)(H,128,129)(H,130,131)/t55-,56-,68+,69+,70+,71+,72+,73+,74+,75+,76+,77+,84+,85+/m1/s1. The molecule has 6 aromatic rings. The van der Waals surface area contributed by atoms with Gasteiger partial charge in [0.25, 0.3) is 0 Å². The number of carbonyl (C=O) groups is 19. The number of H-pyrrole nitrogens is 2. The van der Waals surface area contributed by atoms with E-state index in [1.54, 1.807) is 119 Å². The lowest BCUT2D eigenvalue weighted by Gasteiger charge is -2.32. The predicted octanol–water partition coefficient (Wildman–Crippen LogP) is -2.67. The van der Waals surface area contributed by atoms with Gasteiger partial charge in [-0.2, -0.15) is 0 Å². The van der Waals surface area contributed by atoms with Gasteiger partial charge >= 0.3 is 23.9 Å². The number of primary amides is 2. The second kappa shape index (κ2) is 55.6. The molecule has 145 heavy (non-hydrogen) atoms. The van der Waals surface area contributed by atoms with Crippen molar-refractivity contribution in [1.29, 1.82) is 0 Å². The van der Waals surface area contributed by atoms with E-state index in [2.05, 4.69) is 73.8 Å². The number of aliphatic carboxylic acids is 4. The lowest BCUT2D eigenvalue weighted by atomic mass is 9.90. The third-order valence-electron chi connectivity index (χ3n) is 26.5. The van der Waals surface area contributed by atoms with Gasteiger partial charge in [0.2, 0.25) is 88.6 Å². The van der Waals surface area contributed by atoms with Crippen LogP contribution >= 0.6 is 21.6 Å². The number of likely N-dealkylation sites (tertiary alicyclic amines) is 1. The highest BCUT2D eigenvalue weighted by Crippen LogP contribution is 2.29. The highest BCUT2D eigenvalue weighted by Gasteiger charge is 2.43. The minimum absolute atomic E-state index is 0.0221. The van der Waals surface area contributed by atoms with E-state index in [9.17, 15) is 73.5 Å². The van der Waals surface area contributed by atoms with Gasteiger partial charge in [-0.1, -0.05) is 121 Å². The number of nitrogens with one attached hydrogen (secondary N) is 14. The zero-order chi connectivity index (χ0) is 105. The average Bonchev–Trinajstić information content (AvgIpc) is 1.75. The highest BCUT2D eigenvalue weighted by molar-refractivity contribution is 8.76. The fourth-order valence-electron chi connectivity index (χ4n) is 18.0. The van der Waals surface area contributed by atoms with Crippen molar-refractivity contribution in [2.75, 3.05) is 123 Å². The van der Waals surface area contributed by atoms with E-state index in [0.29, 0.717) is 65.3 Å². The minimum Gasteiger partial charge on any atom is -0.481 e. The van der Waals surface area contributed by atoms with Crippen molar-refractivity contribution in [3.8, 4) is 0 Å². The SMILES string of the molecule is CC[C@@H](C)[C@H](NC(=O)[C@@H](NC(=O)[C@H](Cc1c[nH]c2ccccc12)N(C)C(C)=O)[C@@H](C)O)C(=O)N[C@H]1CSSC[C@@H](C(=O)N[C@@H](Cc2c[nH]c3ccccc23)C(=O)N2CCC[C@H]2C(N)=O)NC(=O)[C@H](CC(=O)O)NC(=O)[C@H](CCCCNC(=O)CN2CCN(CC(=O)O)CCN(CC(=O)O)CCN(CC(=O)O)CC2)NC(=O)[C@H](Cc2ccc3ccccc3c2)NC(=O)[C@H](CC(N)=O)NC(=O)[C@H](CC2CCNCC2)NC1=O. The molecule has 0 radical (unpaired) electrons. The Morgan fingerprint density at radius 3 is 1.61 bits per heavy atom. The van der Waals surface area contributed by atoms with Crippen molar-refractivity contribution in [3.05, 3.63) is 120 Å². The van der Waals surface area contributed by atoms with Crippen LogP contribution < -0.4 is 75.3 Å². The molecule has 6 heterocycles. The normalized spacial score (nSPS) is 21.7. The molecule has 4 aliphatic heterocycles. The molecule has 0 bridgehead atoms. The highest BCUT2D eigenvalue weighted by atomic mass is 33.1. The van der Waals surface area contributed by atoms with Crippen LogP contribution in [0.15, 0.2) is 103 Å². The maximum Gasteiger partial charge on any atom is 0.317 e. The number of piperidine rings is 1. The van der Waals surface area contributed by atoms with Gasteiger partial charge in [0.15, 0.2) is 0 Å². The number of benzene rings is 4. The molecule has 4 saturated heterocycles. The van der Waals surface area contributed by atoms with Gasteiger partial charge in [-0.15, -0.1) is 0 Å². The molecule has 4 fully saturated rings. The Labute approximate surface area is 844 Å². The summed E-state index contributed by atoms with van der Waals surface area (Å²) in [5, 5.41) is 86.8. The van der Waals surface area contributed by atoms with Crippen molar-refractivity contribution in [3.63, 3.8) is 0 Å². The molecule has 23 N–H and O–H groups in total. The van der Waals surface area contributed by atoms with Crippen molar-refractivity contribution in [1.82, 2.24) is 103 Å². The molecule has 0 unspecified atom stereocenters. The van der Waals surface area contributed by atoms with Crippen LogP contribution in [-0.4, -0.2) is 379 Å². The fourth-order valence-corrected chi connectivity index (χ4v) is 20.4. The van der Waals surface area contributed by atoms with Crippen molar-refractivity contribution >= 4 is 167 Å². The number of aliphatic hydroxyl groups is 1. The van der Waals surface area contributed by atoms with Gasteiger partial charge in [0, 0.05) is 144 Å². The third-order valence-corrected chi connectivity index (χ3v) is 28.9. The summed E-state index contributed by atoms with van der Waals surface area (Å²) < 4.78 is 0. The number of nitrogens with two attached hydrogens (primary N) is 2. The number of carbonyl (C=O) groups excluding carboxylic acids is 15. The summed E-state index contributed by atoms with van der Waals surface area (Å²) in [5.41, 5.74) is 14.7. The number of unbranched alkanes of at least 4 members (excludes halogenated alkanes) is 1. The van der Waals surface area contributed by atoms with Crippen LogP contribution in [0.4, 0.5) is 0 Å². The molecule has 788 valence electrons. The number of rotatable bonds is 39. The van der Waals surface area contributed by atoms with E-state index >= 15 is 43.2 Å². The molecule has 15 amide bonds. The van der Waals surface area contributed by atoms with Crippen LogP contribution in [0.2, 0.25) is 0 Å². The first kappa shape index (κ1) is 114. The molecule has 0 spiro atoms. The molecule has 48 heteroatoms. The first-order valence-corrected chi connectivity index (χ1v) is 51.1. The number of fused-ring (bicyclic) bond motifs is 3. The first-order valence-electron chi connectivity index (χ1n) is 48.6. The minimum atomic E-state index is -2.17.